The highest BCUT2D eigenvalue weighted by Gasteiger charge is 2.11. The second-order valence-electron chi connectivity index (χ2n) is 1.93. The molecule has 0 atom stereocenters. The Bertz CT molecular complexity index is 295. The van der Waals surface area contributed by atoms with Crippen LogP contribution in [0.3, 0.4) is 0 Å². The third-order valence-electron chi connectivity index (χ3n) is 1.29. The predicted octanol–water partition coefficient (Wildman–Crippen LogP) is 1.64. The van der Waals surface area contributed by atoms with E-state index >= 15 is 0 Å². The summed E-state index contributed by atoms with van der Waals surface area (Å²) in [6.07, 6.45) is 0. The minimum Gasteiger partial charge on any atom is -0.506 e. The number of rotatable bonds is 0. The van der Waals surface area contributed by atoms with E-state index in [2.05, 4.69) is 15.8 Å². The smallest absolute Gasteiger partial charge is 0.157 e. The Morgan fingerprint density at radius 2 is 2.20 bits per heavy atom. The van der Waals surface area contributed by atoms with Crippen molar-refractivity contribution in [1.82, 2.24) is 5.43 Å². The van der Waals surface area contributed by atoms with Crippen molar-refractivity contribution in [2.24, 2.45) is 10.3 Å². The zero-order valence-electron chi connectivity index (χ0n) is 5.02. The lowest BCUT2D eigenvalue weighted by atomic mass is 10.2. The molecule has 1 aliphatic rings. The lowest BCUT2D eigenvalue weighted by Crippen LogP contribution is -1.76. The van der Waals surface area contributed by atoms with Crippen molar-refractivity contribution in [3.05, 3.63) is 18.2 Å². The molecule has 0 spiro atoms. The van der Waals surface area contributed by atoms with Gasteiger partial charge in [-0.05, 0) is 17.4 Å². The summed E-state index contributed by atoms with van der Waals surface area (Å²) < 4.78 is 0. The van der Waals surface area contributed by atoms with Gasteiger partial charge in [0.25, 0.3) is 0 Å². The van der Waals surface area contributed by atoms with Gasteiger partial charge < -0.3 is 5.11 Å². The molecule has 4 heteroatoms. The molecule has 1 radical (unpaired) electrons. The highest BCUT2D eigenvalue weighted by Crippen LogP contribution is 2.37. The lowest BCUT2D eigenvalue weighted by Gasteiger charge is -1.93. The number of phenols is 1. The molecule has 0 bridgehead atoms. The molecule has 0 aliphatic carbocycles. The van der Waals surface area contributed by atoms with E-state index in [0.29, 0.717) is 11.4 Å². The van der Waals surface area contributed by atoms with Gasteiger partial charge in [-0.25, -0.2) is 0 Å². The molecule has 0 unspecified atom stereocenters. The molecule has 1 aliphatic heterocycles. The molecule has 2 rings (SSSR count). The fraction of sp³-hybridized carbons (Fsp3) is 0. The second kappa shape index (κ2) is 1.70. The maximum Gasteiger partial charge on any atom is 0.157 e. The van der Waals surface area contributed by atoms with E-state index in [-0.39, 0.29) is 5.75 Å². The van der Waals surface area contributed by atoms with Crippen LogP contribution in [0.4, 0.5) is 11.4 Å². The Kier molecular flexibility index (Phi) is 0.887. The van der Waals surface area contributed by atoms with E-state index in [9.17, 15) is 0 Å². The van der Waals surface area contributed by atoms with Crippen LogP contribution >= 0.6 is 0 Å². The van der Waals surface area contributed by atoms with Gasteiger partial charge in [0.1, 0.15) is 11.4 Å². The number of nitrogens with zero attached hydrogens (tertiary/aromatic N) is 3. The van der Waals surface area contributed by atoms with Crippen molar-refractivity contribution in [2.45, 2.75) is 0 Å². The SMILES string of the molecule is Oc1cccc2c1N=N[N]2. The Morgan fingerprint density at radius 3 is 3.00 bits per heavy atom. The molecule has 4 nitrogen and oxygen atoms in total. The molecule has 0 saturated carbocycles. The third kappa shape index (κ3) is 0.556. The van der Waals surface area contributed by atoms with Crippen molar-refractivity contribution in [3.63, 3.8) is 0 Å². The summed E-state index contributed by atoms with van der Waals surface area (Å²) >= 11 is 0. The molecule has 0 amide bonds. The normalized spacial score (nSPS) is 12.8. The summed E-state index contributed by atoms with van der Waals surface area (Å²) in [7, 11) is 0. The number of aromatic hydroxyl groups is 1. The van der Waals surface area contributed by atoms with Crippen LogP contribution in [0.15, 0.2) is 28.5 Å². The zero-order valence-corrected chi connectivity index (χ0v) is 5.02. The number of phenolic OH excluding ortho intramolecular Hbond substituents is 1. The summed E-state index contributed by atoms with van der Waals surface area (Å²) in [6, 6.07) is 5.00. The van der Waals surface area contributed by atoms with Crippen molar-refractivity contribution in [3.8, 4) is 5.75 Å². The molecule has 1 aromatic rings. The van der Waals surface area contributed by atoms with Crippen LogP contribution in [0.25, 0.3) is 0 Å². The van der Waals surface area contributed by atoms with Gasteiger partial charge in [0, 0.05) is 0 Å². The van der Waals surface area contributed by atoms with Crippen LogP contribution in [0.2, 0.25) is 0 Å². The summed E-state index contributed by atoms with van der Waals surface area (Å²) in [4.78, 5) is 0. The molecular formula is C6H4N3O. The quantitative estimate of drug-likeness (QED) is 0.576. The van der Waals surface area contributed by atoms with Crippen LogP contribution in [-0.4, -0.2) is 5.11 Å². The first-order valence-corrected chi connectivity index (χ1v) is 2.81. The predicted molar refractivity (Wildman–Crippen MR) is 34.4 cm³/mol. The van der Waals surface area contributed by atoms with Crippen molar-refractivity contribution in [1.29, 1.82) is 0 Å². The van der Waals surface area contributed by atoms with Crippen molar-refractivity contribution >= 4 is 11.4 Å². The number of hydrogen-bond acceptors (Lipinski definition) is 3. The maximum atomic E-state index is 9.12. The van der Waals surface area contributed by atoms with E-state index in [1.54, 1.807) is 18.2 Å². The molecule has 49 valence electrons. The number of hydrogen-bond donors (Lipinski definition) is 1. The Balaban J connectivity index is 2.67. The van der Waals surface area contributed by atoms with Gasteiger partial charge in [-0.3, -0.25) is 0 Å². The molecule has 0 aromatic heterocycles. The Morgan fingerprint density at radius 1 is 1.30 bits per heavy atom. The van der Waals surface area contributed by atoms with Gasteiger partial charge in [0.05, 0.1) is 0 Å². The molecule has 0 fully saturated rings. The minimum absolute atomic E-state index is 0.127. The maximum absolute atomic E-state index is 9.12. The van der Waals surface area contributed by atoms with E-state index in [1.165, 1.54) is 0 Å². The Labute approximate surface area is 57.2 Å². The molecule has 1 aromatic carbocycles. The topological polar surface area (TPSA) is 59.1 Å². The van der Waals surface area contributed by atoms with Crippen LogP contribution in [0, 0.1) is 0 Å². The van der Waals surface area contributed by atoms with Crippen LogP contribution < -0.4 is 5.43 Å². The third-order valence-corrected chi connectivity index (χ3v) is 1.29. The lowest BCUT2D eigenvalue weighted by molar-refractivity contribution is 0.477. The van der Waals surface area contributed by atoms with Gasteiger partial charge in [-0.15, -0.1) is 10.5 Å². The highest BCUT2D eigenvalue weighted by molar-refractivity contribution is 5.69. The summed E-state index contributed by atoms with van der Waals surface area (Å²) in [5.41, 5.74) is 4.74. The van der Waals surface area contributed by atoms with E-state index in [4.69, 9.17) is 5.11 Å². The van der Waals surface area contributed by atoms with Gasteiger partial charge in [0.2, 0.25) is 0 Å². The first-order valence-electron chi connectivity index (χ1n) is 2.81. The fourth-order valence-corrected chi connectivity index (χ4v) is 0.818. The van der Waals surface area contributed by atoms with Crippen molar-refractivity contribution in [2.75, 3.05) is 0 Å². The average Bonchev–Trinajstić information content (AvgIpc) is 2.36. The highest BCUT2D eigenvalue weighted by atomic mass is 16.3. The molecule has 10 heavy (non-hydrogen) atoms. The first-order chi connectivity index (χ1) is 4.88. The molecular weight excluding hydrogens is 130 g/mol. The number of benzene rings is 1. The monoisotopic (exact) mass is 134 g/mol. The minimum atomic E-state index is 0.127. The van der Waals surface area contributed by atoms with Crippen LogP contribution in [0.5, 0.6) is 5.75 Å². The number of fused-ring (bicyclic) bond motifs is 1. The van der Waals surface area contributed by atoms with E-state index in [0.717, 1.165) is 0 Å². The van der Waals surface area contributed by atoms with Gasteiger partial charge in [-0.2, -0.15) is 0 Å². The summed E-state index contributed by atoms with van der Waals surface area (Å²) in [6.45, 7) is 0. The van der Waals surface area contributed by atoms with E-state index in [1.807, 2.05) is 0 Å². The summed E-state index contributed by atoms with van der Waals surface area (Å²) in [5, 5.41) is 16.1. The second-order valence-corrected chi connectivity index (χ2v) is 1.93. The molecule has 1 heterocycles. The van der Waals surface area contributed by atoms with Gasteiger partial charge >= 0.3 is 0 Å². The summed E-state index contributed by atoms with van der Waals surface area (Å²) in [5.74, 6) is 0.127. The molecule has 0 saturated heterocycles. The largest absolute Gasteiger partial charge is 0.506 e. The average molecular weight is 134 g/mol. The van der Waals surface area contributed by atoms with Crippen LogP contribution in [0.1, 0.15) is 0 Å². The first kappa shape index (κ1) is 5.22. The van der Waals surface area contributed by atoms with Gasteiger partial charge in [-0.1, -0.05) is 6.07 Å². The molecule has 1 N–H and O–H groups in total. The fourth-order valence-electron chi connectivity index (χ4n) is 0.818. The standard InChI is InChI=1S/C6H4N3O/c10-5-3-1-2-4-6(5)8-9-7-4/h1-3,10H. The van der Waals surface area contributed by atoms with Gasteiger partial charge in [0.15, 0.2) is 5.69 Å². The zero-order chi connectivity index (χ0) is 6.97. The van der Waals surface area contributed by atoms with Crippen LogP contribution in [-0.2, 0) is 0 Å². The van der Waals surface area contributed by atoms with E-state index < -0.39 is 0 Å². The Hall–Kier alpha value is -1.58. The van der Waals surface area contributed by atoms with Crippen molar-refractivity contribution < 1.29 is 5.11 Å².